The second-order valence-electron chi connectivity index (χ2n) is 15.6. The predicted molar refractivity (Wildman–Crippen MR) is 234 cm³/mol. The summed E-state index contributed by atoms with van der Waals surface area (Å²) < 4.78 is 32.7. The fourth-order valence-electron chi connectivity index (χ4n) is 6.60. The molecule has 0 fully saturated rings. The summed E-state index contributed by atoms with van der Waals surface area (Å²) in [5.41, 5.74) is 5.35. The highest BCUT2D eigenvalue weighted by Crippen LogP contribution is 2.43. The number of carbonyl (C=O) groups is 2. The molecule has 0 aliphatic rings. The lowest BCUT2D eigenvalue weighted by Gasteiger charge is -2.19. The van der Waals surface area contributed by atoms with Gasteiger partial charge in [-0.05, 0) is 44.9 Å². The first-order chi connectivity index (χ1) is 27.3. The minimum absolute atomic E-state index is 0.0504. The van der Waals surface area contributed by atoms with Gasteiger partial charge in [0.2, 0.25) is 0 Å². The van der Waals surface area contributed by atoms with Gasteiger partial charge in [-0.1, -0.05) is 192 Å². The monoisotopic (exact) mass is 814 g/mol. The van der Waals surface area contributed by atoms with E-state index in [0.29, 0.717) is 12.8 Å². The molecule has 0 aliphatic heterocycles. The SMILES string of the molecule is CCCCCCCCCCCCCCCC/C=C/CC/C=C/CCCC(=O)OC[C@@H](COP(=O)(O)OCCN)OC(=O)CCCCCCCCCCCCCC. The molecule has 10 heteroatoms. The first kappa shape index (κ1) is 54.5. The van der Waals surface area contributed by atoms with E-state index in [1.54, 1.807) is 0 Å². The van der Waals surface area contributed by atoms with Crippen LogP contribution in [0.2, 0.25) is 0 Å². The van der Waals surface area contributed by atoms with Gasteiger partial charge in [-0.2, -0.15) is 0 Å². The summed E-state index contributed by atoms with van der Waals surface area (Å²) in [6, 6.07) is 0. The molecule has 0 aromatic carbocycles. The van der Waals surface area contributed by atoms with Gasteiger partial charge in [-0.3, -0.25) is 18.6 Å². The lowest BCUT2D eigenvalue weighted by atomic mass is 10.0. The number of phosphoric ester groups is 1. The number of hydrogen-bond acceptors (Lipinski definition) is 8. The van der Waals surface area contributed by atoms with E-state index in [2.05, 4.69) is 38.2 Å². The smallest absolute Gasteiger partial charge is 0.462 e. The van der Waals surface area contributed by atoms with Crippen LogP contribution >= 0.6 is 7.82 Å². The van der Waals surface area contributed by atoms with Crippen LogP contribution in [-0.2, 0) is 32.7 Å². The molecule has 0 radical (unpaired) electrons. The van der Waals surface area contributed by atoms with E-state index in [9.17, 15) is 19.0 Å². The third-order valence-electron chi connectivity index (χ3n) is 10.1. The van der Waals surface area contributed by atoms with Gasteiger partial charge in [0.05, 0.1) is 13.2 Å². The van der Waals surface area contributed by atoms with Gasteiger partial charge >= 0.3 is 19.8 Å². The minimum atomic E-state index is -4.38. The highest BCUT2D eigenvalue weighted by Gasteiger charge is 2.26. The van der Waals surface area contributed by atoms with E-state index < -0.39 is 32.5 Å². The number of phosphoric acid groups is 1. The van der Waals surface area contributed by atoms with Gasteiger partial charge in [-0.25, -0.2) is 4.57 Å². The van der Waals surface area contributed by atoms with Gasteiger partial charge in [0.25, 0.3) is 0 Å². The topological polar surface area (TPSA) is 134 Å². The number of esters is 2. The van der Waals surface area contributed by atoms with Crippen molar-refractivity contribution >= 4 is 19.8 Å². The first-order valence-corrected chi connectivity index (χ1v) is 24.8. The molecule has 0 spiro atoms. The number of allylic oxidation sites excluding steroid dienone is 4. The quantitative estimate of drug-likeness (QED) is 0.0267. The lowest BCUT2D eigenvalue weighted by molar-refractivity contribution is -0.161. The Morgan fingerprint density at radius 1 is 0.518 bits per heavy atom. The number of rotatable bonds is 44. The Labute approximate surface area is 344 Å². The van der Waals surface area contributed by atoms with E-state index >= 15 is 0 Å². The first-order valence-electron chi connectivity index (χ1n) is 23.3. The zero-order valence-electron chi connectivity index (χ0n) is 36.4. The van der Waals surface area contributed by atoms with Gasteiger partial charge in [0.15, 0.2) is 6.10 Å². The summed E-state index contributed by atoms with van der Waals surface area (Å²) >= 11 is 0. The van der Waals surface area contributed by atoms with Crippen LogP contribution in [0.4, 0.5) is 0 Å². The maximum absolute atomic E-state index is 12.6. The highest BCUT2D eigenvalue weighted by molar-refractivity contribution is 7.47. The summed E-state index contributed by atoms with van der Waals surface area (Å²) in [7, 11) is -4.38. The van der Waals surface area contributed by atoms with Crippen molar-refractivity contribution in [3.63, 3.8) is 0 Å². The molecule has 0 bridgehead atoms. The van der Waals surface area contributed by atoms with Crippen LogP contribution in [0.25, 0.3) is 0 Å². The number of carbonyl (C=O) groups excluding carboxylic acids is 2. The van der Waals surface area contributed by atoms with Crippen molar-refractivity contribution in [1.29, 1.82) is 0 Å². The molecule has 2 atom stereocenters. The van der Waals surface area contributed by atoms with Crippen molar-refractivity contribution in [2.24, 2.45) is 5.73 Å². The largest absolute Gasteiger partial charge is 0.472 e. The molecule has 9 nitrogen and oxygen atoms in total. The molecule has 0 saturated carbocycles. The second kappa shape index (κ2) is 43.1. The van der Waals surface area contributed by atoms with Gasteiger partial charge < -0.3 is 20.1 Å². The summed E-state index contributed by atoms with van der Waals surface area (Å²) in [5, 5.41) is 0. The molecule has 0 saturated heterocycles. The Bertz CT molecular complexity index is 975. The normalized spacial score (nSPS) is 13.4. The Hall–Kier alpha value is -1.51. The second-order valence-corrected chi connectivity index (χ2v) is 17.1. The molecule has 330 valence electrons. The summed E-state index contributed by atoms with van der Waals surface area (Å²) in [5.74, 6) is -0.870. The molecule has 0 aromatic rings. The van der Waals surface area contributed by atoms with Crippen LogP contribution < -0.4 is 5.73 Å². The fourth-order valence-corrected chi connectivity index (χ4v) is 7.36. The third kappa shape index (κ3) is 42.1. The molecule has 1 unspecified atom stereocenters. The summed E-state index contributed by atoms with van der Waals surface area (Å²) in [4.78, 5) is 34.8. The van der Waals surface area contributed by atoms with E-state index in [4.69, 9.17) is 24.3 Å². The zero-order chi connectivity index (χ0) is 41.1. The van der Waals surface area contributed by atoms with E-state index in [1.807, 2.05) is 0 Å². The Morgan fingerprint density at radius 2 is 0.911 bits per heavy atom. The number of nitrogens with two attached hydrogens (primary N) is 1. The van der Waals surface area contributed by atoms with Crippen LogP contribution in [0.3, 0.4) is 0 Å². The third-order valence-corrected chi connectivity index (χ3v) is 11.1. The molecule has 0 rings (SSSR count). The Kier molecular flexibility index (Phi) is 41.9. The van der Waals surface area contributed by atoms with Crippen molar-refractivity contribution in [3.05, 3.63) is 24.3 Å². The average molecular weight is 814 g/mol. The molecular formula is C46H88NO8P. The molecule has 0 heterocycles. The van der Waals surface area contributed by atoms with E-state index in [1.165, 1.54) is 141 Å². The molecule has 0 amide bonds. The highest BCUT2D eigenvalue weighted by atomic mass is 31.2. The Balaban J connectivity index is 4.07. The number of ether oxygens (including phenoxy) is 2. The fraction of sp³-hybridized carbons (Fsp3) is 0.870. The molecule has 0 aliphatic carbocycles. The van der Waals surface area contributed by atoms with Crippen molar-refractivity contribution in [2.75, 3.05) is 26.4 Å². The van der Waals surface area contributed by atoms with E-state index in [0.717, 1.165) is 44.9 Å². The molecule has 3 N–H and O–H groups in total. The molecule has 56 heavy (non-hydrogen) atoms. The van der Waals surface area contributed by atoms with E-state index in [-0.39, 0.29) is 32.6 Å². The maximum atomic E-state index is 12.6. The average Bonchev–Trinajstić information content (AvgIpc) is 3.18. The van der Waals surface area contributed by atoms with Crippen molar-refractivity contribution < 1.29 is 37.6 Å². The van der Waals surface area contributed by atoms with Crippen molar-refractivity contribution in [1.82, 2.24) is 0 Å². The summed E-state index contributed by atoms with van der Waals surface area (Å²) in [6.45, 7) is 3.71. The predicted octanol–water partition coefficient (Wildman–Crippen LogP) is 13.6. The van der Waals surface area contributed by atoms with Crippen LogP contribution in [0.15, 0.2) is 24.3 Å². The van der Waals surface area contributed by atoms with Crippen LogP contribution in [0, 0.1) is 0 Å². The molecular weight excluding hydrogens is 725 g/mol. The van der Waals surface area contributed by atoms with Crippen LogP contribution in [0.5, 0.6) is 0 Å². The van der Waals surface area contributed by atoms with Crippen molar-refractivity contribution in [2.45, 2.75) is 232 Å². The van der Waals surface area contributed by atoms with Gasteiger partial charge in [0, 0.05) is 19.4 Å². The summed E-state index contributed by atoms with van der Waals surface area (Å²) in [6.07, 6.45) is 46.6. The number of hydrogen-bond donors (Lipinski definition) is 2. The van der Waals surface area contributed by atoms with Crippen molar-refractivity contribution in [3.8, 4) is 0 Å². The maximum Gasteiger partial charge on any atom is 0.472 e. The van der Waals surface area contributed by atoms with Gasteiger partial charge in [0.1, 0.15) is 6.61 Å². The minimum Gasteiger partial charge on any atom is -0.462 e. The van der Waals surface area contributed by atoms with Gasteiger partial charge in [-0.15, -0.1) is 0 Å². The lowest BCUT2D eigenvalue weighted by Crippen LogP contribution is -2.29. The number of unbranched alkanes of at least 4 members (excludes halogenated alkanes) is 27. The standard InChI is InChI=1S/C46H88NO8P/c1-3-5-7-9-11-13-15-17-18-19-20-21-22-23-24-25-26-27-29-30-32-34-36-38-45(48)52-42-44(43-54-56(50,51)53-41-40-47)55-46(49)39-37-35-33-31-28-16-14-12-10-8-6-4-2/h25-26,30,32,44H,3-24,27-29,31,33-43,47H2,1-2H3,(H,50,51)/b26-25+,32-30+/t44-/m0/s1. The van der Waals surface area contributed by atoms with Crippen LogP contribution in [-0.4, -0.2) is 49.3 Å². The molecule has 0 aromatic heterocycles. The van der Waals surface area contributed by atoms with Crippen LogP contribution in [0.1, 0.15) is 226 Å². The zero-order valence-corrected chi connectivity index (χ0v) is 37.3. The Morgan fingerprint density at radius 3 is 1.38 bits per heavy atom.